The van der Waals surface area contributed by atoms with Gasteiger partial charge in [0.1, 0.15) is 5.75 Å². The number of carbonyl (C=O) groups excluding carboxylic acids is 1. The first-order chi connectivity index (χ1) is 12.0. The first-order valence-electron chi connectivity index (χ1n) is 8.87. The highest BCUT2D eigenvalue weighted by Crippen LogP contribution is 2.33. The number of nitrogens with one attached hydrogen (secondary N) is 1. The fourth-order valence-corrected chi connectivity index (χ4v) is 4.49. The molecule has 1 aliphatic rings. The first-order valence-corrected chi connectivity index (χ1v) is 9.69. The van der Waals surface area contributed by atoms with Crippen molar-refractivity contribution in [2.24, 2.45) is 5.92 Å². The maximum atomic E-state index is 12.6. The number of aromatic hydroxyl groups is 1. The molecule has 25 heavy (non-hydrogen) atoms. The average Bonchev–Trinajstić information content (AvgIpc) is 3.04. The number of amides is 1. The Hall–Kier alpha value is -1.85. The van der Waals surface area contributed by atoms with Crippen molar-refractivity contribution >= 4 is 17.2 Å². The van der Waals surface area contributed by atoms with E-state index in [0.29, 0.717) is 5.56 Å². The zero-order valence-electron chi connectivity index (χ0n) is 14.7. The summed E-state index contributed by atoms with van der Waals surface area (Å²) >= 11 is 1.58. The predicted octanol–water partition coefficient (Wildman–Crippen LogP) is 3.82. The minimum atomic E-state index is -0.816. The normalized spacial score (nSPS) is 19.1. The van der Waals surface area contributed by atoms with Crippen LogP contribution in [0.15, 0.2) is 30.3 Å². The molecule has 1 amide bonds. The molecule has 3 rings (SSSR count). The van der Waals surface area contributed by atoms with E-state index in [-0.39, 0.29) is 11.7 Å². The average molecular weight is 359 g/mol. The van der Waals surface area contributed by atoms with Gasteiger partial charge in [0.05, 0.1) is 17.0 Å². The molecule has 4 nitrogen and oxygen atoms in total. The number of phenols is 1. The molecule has 0 bridgehead atoms. The molecular weight excluding hydrogens is 334 g/mol. The molecule has 2 aromatic rings. The van der Waals surface area contributed by atoms with E-state index < -0.39 is 12.1 Å². The molecule has 1 aliphatic carbocycles. The summed E-state index contributed by atoms with van der Waals surface area (Å²) in [6.45, 7) is 4.01. The van der Waals surface area contributed by atoms with Gasteiger partial charge in [0.25, 0.3) is 5.91 Å². The number of benzene rings is 1. The lowest BCUT2D eigenvalue weighted by Crippen LogP contribution is -2.36. The van der Waals surface area contributed by atoms with Crippen LogP contribution in [0.1, 0.15) is 58.5 Å². The molecule has 0 saturated carbocycles. The van der Waals surface area contributed by atoms with Crippen molar-refractivity contribution in [3.05, 3.63) is 51.2 Å². The van der Waals surface area contributed by atoms with Gasteiger partial charge in [-0.3, -0.25) is 4.79 Å². The molecule has 0 aliphatic heterocycles. The second-order valence-corrected chi connectivity index (χ2v) is 8.01. The third kappa shape index (κ3) is 4.05. The van der Waals surface area contributed by atoms with Gasteiger partial charge >= 0.3 is 0 Å². The van der Waals surface area contributed by atoms with Crippen molar-refractivity contribution in [1.29, 1.82) is 0 Å². The first kappa shape index (κ1) is 18.0. The quantitative estimate of drug-likeness (QED) is 0.760. The predicted molar refractivity (Wildman–Crippen MR) is 100 cm³/mol. The van der Waals surface area contributed by atoms with Crippen LogP contribution in [-0.2, 0) is 12.8 Å². The molecular formula is C20H25NO3S. The molecule has 0 saturated heterocycles. The molecule has 1 aromatic carbocycles. The maximum Gasteiger partial charge on any atom is 0.261 e. The molecule has 0 fully saturated rings. The van der Waals surface area contributed by atoms with Gasteiger partial charge in [0, 0.05) is 4.88 Å². The van der Waals surface area contributed by atoms with Gasteiger partial charge in [0.15, 0.2) is 0 Å². The minimum absolute atomic E-state index is 0.127. The Morgan fingerprint density at radius 1 is 1.36 bits per heavy atom. The number of thiophene rings is 1. The van der Waals surface area contributed by atoms with Crippen LogP contribution in [0.4, 0.5) is 0 Å². The summed E-state index contributed by atoms with van der Waals surface area (Å²) in [7, 11) is 0. The summed E-state index contributed by atoms with van der Waals surface area (Å²) in [5.41, 5.74) is 1.99. The molecule has 134 valence electrons. The highest BCUT2D eigenvalue weighted by atomic mass is 32.1. The summed E-state index contributed by atoms with van der Waals surface area (Å²) in [4.78, 5) is 14.6. The monoisotopic (exact) mass is 359 g/mol. The SMILES string of the molecule is CC[C@@H]1CCc2sc(C(=O)N[C@H](C)[C@H](O)c3ccc(O)cc3)cc2C1. The van der Waals surface area contributed by atoms with Gasteiger partial charge in [-0.15, -0.1) is 11.3 Å². The molecule has 5 heteroatoms. The zero-order chi connectivity index (χ0) is 18.0. The van der Waals surface area contributed by atoms with Gasteiger partial charge in [-0.1, -0.05) is 25.5 Å². The van der Waals surface area contributed by atoms with E-state index >= 15 is 0 Å². The number of hydrogen-bond donors (Lipinski definition) is 3. The van der Waals surface area contributed by atoms with Crippen LogP contribution in [0, 0.1) is 5.92 Å². The van der Waals surface area contributed by atoms with Crippen molar-refractivity contribution < 1.29 is 15.0 Å². The van der Waals surface area contributed by atoms with Crippen LogP contribution in [0.5, 0.6) is 5.75 Å². The van der Waals surface area contributed by atoms with Crippen LogP contribution in [0.25, 0.3) is 0 Å². The summed E-state index contributed by atoms with van der Waals surface area (Å²) in [6, 6.07) is 8.00. The molecule has 0 spiro atoms. The zero-order valence-corrected chi connectivity index (χ0v) is 15.5. The van der Waals surface area contributed by atoms with E-state index in [1.165, 1.54) is 35.4 Å². The van der Waals surface area contributed by atoms with Crippen LogP contribution in [-0.4, -0.2) is 22.2 Å². The number of aryl methyl sites for hydroxylation is 1. The summed E-state index contributed by atoms with van der Waals surface area (Å²) in [6.07, 6.45) is 3.72. The lowest BCUT2D eigenvalue weighted by molar-refractivity contribution is 0.0855. The highest BCUT2D eigenvalue weighted by molar-refractivity contribution is 7.14. The van der Waals surface area contributed by atoms with Crippen molar-refractivity contribution in [1.82, 2.24) is 5.32 Å². The van der Waals surface area contributed by atoms with E-state index in [4.69, 9.17) is 0 Å². The Kier molecular flexibility index (Phi) is 5.45. The van der Waals surface area contributed by atoms with Gasteiger partial charge < -0.3 is 15.5 Å². The standard InChI is InChI=1S/C20H25NO3S/c1-3-13-4-9-17-15(10-13)11-18(25-17)20(24)21-12(2)19(23)14-5-7-16(22)8-6-14/h5-8,11-13,19,22-23H,3-4,9-10H2,1-2H3,(H,21,24)/t12-,13-,19+/m1/s1. The van der Waals surface area contributed by atoms with Crippen LogP contribution >= 0.6 is 11.3 Å². The van der Waals surface area contributed by atoms with Gasteiger partial charge in [-0.05, 0) is 61.4 Å². The fraction of sp³-hybridized carbons (Fsp3) is 0.450. The third-order valence-corrected chi connectivity index (χ3v) is 6.29. The van der Waals surface area contributed by atoms with Crippen LogP contribution < -0.4 is 5.32 Å². The smallest absolute Gasteiger partial charge is 0.261 e. The third-order valence-electron chi connectivity index (χ3n) is 5.05. The van der Waals surface area contributed by atoms with E-state index in [0.717, 1.165) is 23.6 Å². The van der Waals surface area contributed by atoms with Crippen molar-refractivity contribution in [2.45, 2.75) is 51.7 Å². The molecule has 3 N–H and O–H groups in total. The number of rotatable bonds is 5. The largest absolute Gasteiger partial charge is 0.508 e. The Balaban J connectivity index is 1.66. The highest BCUT2D eigenvalue weighted by Gasteiger charge is 2.24. The molecule has 0 radical (unpaired) electrons. The van der Waals surface area contributed by atoms with Crippen molar-refractivity contribution in [2.75, 3.05) is 0 Å². The number of carbonyl (C=O) groups is 1. The van der Waals surface area contributed by atoms with E-state index in [2.05, 4.69) is 12.2 Å². The minimum Gasteiger partial charge on any atom is -0.508 e. The summed E-state index contributed by atoms with van der Waals surface area (Å²) < 4.78 is 0. The molecule has 1 aromatic heterocycles. The lowest BCUT2D eigenvalue weighted by Gasteiger charge is -2.20. The van der Waals surface area contributed by atoms with Gasteiger partial charge in [-0.2, -0.15) is 0 Å². The maximum absolute atomic E-state index is 12.6. The summed E-state index contributed by atoms with van der Waals surface area (Å²) in [5, 5.41) is 22.7. The van der Waals surface area contributed by atoms with E-state index in [1.807, 2.05) is 6.07 Å². The molecule has 3 atom stereocenters. The Bertz CT molecular complexity index is 738. The lowest BCUT2D eigenvalue weighted by atomic mass is 9.87. The number of aliphatic hydroxyl groups is 1. The molecule has 1 heterocycles. The Labute approximate surface area is 152 Å². The Morgan fingerprint density at radius 3 is 2.76 bits per heavy atom. The van der Waals surface area contributed by atoms with Crippen molar-refractivity contribution in [3.63, 3.8) is 0 Å². The van der Waals surface area contributed by atoms with Crippen molar-refractivity contribution in [3.8, 4) is 5.75 Å². The topological polar surface area (TPSA) is 69.6 Å². The number of hydrogen-bond acceptors (Lipinski definition) is 4. The van der Waals surface area contributed by atoms with E-state index in [1.54, 1.807) is 30.4 Å². The number of aliphatic hydroxyl groups excluding tert-OH is 1. The number of fused-ring (bicyclic) bond motifs is 1. The second kappa shape index (κ2) is 7.58. The summed E-state index contributed by atoms with van der Waals surface area (Å²) in [5.74, 6) is 0.758. The number of phenolic OH excluding ortho intramolecular Hbond substituents is 1. The van der Waals surface area contributed by atoms with Gasteiger partial charge in [0.2, 0.25) is 0 Å². The molecule has 0 unspecified atom stereocenters. The van der Waals surface area contributed by atoms with E-state index in [9.17, 15) is 15.0 Å². The fourth-order valence-electron chi connectivity index (χ4n) is 3.38. The Morgan fingerprint density at radius 2 is 2.08 bits per heavy atom. The van der Waals surface area contributed by atoms with Gasteiger partial charge in [-0.25, -0.2) is 0 Å². The second-order valence-electron chi connectivity index (χ2n) is 6.87. The van der Waals surface area contributed by atoms with Crippen LogP contribution in [0.3, 0.4) is 0 Å². The van der Waals surface area contributed by atoms with Crippen LogP contribution in [0.2, 0.25) is 0 Å².